The van der Waals surface area contributed by atoms with E-state index in [9.17, 15) is 23.8 Å². The molecule has 59 heavy (non-hydrogen) atoms. The summed E-state index contributed by atoms with van der Waals surface area (Å²) in [5.41, 5.74) is 0. The van der Waals surface area contributed by atoms with Crippen molar-refractivity contribution >= 4 is 25.5 Å². The fourth-order valence-electron chi connectivity index (χ4n) is 5.32. The number of carbonyl (C=O) groups excluding carboxylic acids is 3. The predicted molar refractivity (Wildman–Crippen MR) is 241 cm³/mol. The Hall–Kier alpha value is -3.14. The summed E-state index contributed by atoms with van der Waals surface area (Å²) in [5, 5.41) is 0. The zero-order valence-electron chi connectivity index (χ0n) is 37.4. The molecule has 0 bridgehead atoms. The molecule has 0 heterocycles. The molecule has 0 fully saturated rings. The average molecular weight is 846 g/mol. The lowest BCUT2D eigenvalue weighted by molar-refractivity contribution is -0.870. The van der Waals surface area contributed by atoms with Gasteiger partial charge < -0.3 is 27.9 Å². The first kappa shape index (κ1) is 55.9. The van der Waals surface area contributed by atoms with Gasteiger partial charge in [0.15, 0.2) is 11.9 Å². The van der Waals surface area contributed by atoms with E-state index in [4.69, 9.17) is 18.5 Å². The smallest absolute Gasteiger partial charge is 0.306 e. The molecular formula is C48H80NO9P. The van der Waals surface area contributed by atoms with Crippen LogP contribution in [0.25, 0.3) is 0 Å². The molecule has 0 rings (SSSR count). The van der Waals surface area contributed by atoms with Gasteiger partial charge in [0.25, 0.3) is 7.82 Å². The molecule has 0 aromatic carbocycles. The average Bonchev–Trinajstić information content (AvgIpc) is 3.18. The number of likely N-dealkylation sites (N-methyl/N-ethyl adjacent to an activating group) is 1. The summed E-state index contributed by atoms with van der Waals surface area (Å²) >= 11 is 0. The molecule has 336 valence electrons. The molecule has 0 radical (unpaired) electrons. The molecule has 0 aliphatic rings. The van der Waals surface area contributed by atoms with Crippen molar-refractivity contribution in [3.63, 3.8) is 0 Å². The van der Waals surface area contributed by atoms with E-state index in [1.165, 1.54) is 51.0 Å². The van der Waals surface area contributed by atoms with Crippen LogP contribution in [-0.4, -0.2) is 75.8 Å². The lowest BCUT2D eigenvalue weighted by Crippen LogP contribution is -2.37. The SMILES string of the molecule is CCCCC/C=C\C/C=C\C/C=C\C=C\C(=O)CCCC(=O)O[C@H](COC(=O)CCCCCC/C=C\C/C=C\C/C=C\CCCCC)COP(=O)([O-])OCC[N+](C)(C)C. The first-order valence-electron chi connectivity index (χ1n) is 22.2. The van der Waals surface area contributed by atoms with Crippen LogP contribution in [-0.2, 0) is 37.5 Å². The van der Waals surface area contributed by atoms with Gasteiger partial charge in [0.05, 0.1) is 27.7 Å². The van der Waals surface area contributed by atoms with Crippen LogP contribution in [0.1, 0.15) is 149 Å². The summed E-state index contributed by atoms with van der Waals surface area (Å²) in [4.78, 5) is 49.8. The van der Waals surface area contributed by atoms with Gasteiger partial charge in [0.1, 0.15) is 19.8 Å². The van der Waals surface area contributed by atoms with Crippen molar-refractivity contribution in [3.8, 4) is 0 Å². The third kappa shape index (κ3) is 42.8. The maximum absolute atomic E-state index is 12.7. The van der Waals surface area contributed by atoms with Crippen molar-refractivity contribution in [3.05, 3.63) is 85.1 Å². The van der Waals surface area contributed by atoms with Crippen LogP contribution >= 0.6 is 7.82 Å². The molecule has 10 nitrogen and oxygen atoms in total. The van der Waals surface area contributed by atoms with Gasteiger partial charge >= 0.3 is 11.9 Å². The first-order valence-corrected chi connectivity index (χ1v) is 23.7. The second-order valence-corrected chi connectivity index (χ2v) is 17.1. The summed E-state index contributed by atoms with van der Waals surface area (Å²) in [7, 11) is 0.992. The Bertz CT molecular complexity index is 1340. The number of allylic oxidation sites excluding steroid dienone is 14. The van der Waals surface area contributed by atoms with E-state index in [1.54, 1.807) is 6.08 Å². The number of phosphoric acid groups is 1. The summed E-state index contributed by atoms with van der Waals surface area (Å²) in [6.07, 6.45) is 46.1. The van der Waals surface area contributed by atoms with E-state index in [0.29, 0.717) is 17.4 Å². The number of phosphoric ester groups is 1. The third-order valence-electron chi connectivity index (χ3n) is 8.86. The molecule has 0 amide bonds. The van der Waals surface area contributed by atoms with Gasteiger partial charge in [0, 0.05) is 19.3 Å². The highest BCUT2D eigenvalue weighted by Crippen LogP contribution is 2.38. The number of carbonyl (C=O) groups is 3. The number of esters is 2. The molecule has 0 spiro atoms. The van der Waals surface area contributed by atoms with Gasteiger partial charge in [0.2, 0.25) is 0 Å². The highest BCUT2D eigenvalue weighted by atomic mass is 31.2. The summed E-state index contributed by atoms with van der Waals surface area (Å²) in [6, 6.07) is 0. The minimum absolute atomic E-state index is 0.0739. The lowest BCUT2D eigenvalue weighted by atomic mass is 10.1. The molecule has 1 unspecified atom stereocenters. The zero-order chi connectivity index (χ0) is 43.7. The number of ketones is 1. The molecule has 0 aliphatic carbocycles. The number of ether oxygens (including phenoxy) is 2. The van der Waals surface area contributed by atoms with Crippen molar-refractivity contribution in [2.24, 2.45) is 0 Å². The Labute approximate surface area is 358 Å². The van der Waals surface area contributed by atoms with E-state index in [0.717, 1.165) is 57.8 Å². The zero-order valence-corrected chi connectivity index (χ0v) is 38.3. The van der Waals surface area contributed by atoms with Crippen LogP contribution in [0.2, 0.25) is 0 Å². The second kappa shape index (κ2) is 39.0. The highest BCUT2D eigenvalue weighted by molar-refractivity contribution is 7.45. The van der Waals surface area contributed by atoms with Gasteiger partial charge in [-0.2, -0.15) is 0 Å². The van der Waals surface area contributed by atoms with Crippen molar-refractivity contribution in [1.29, 1.82) is 0 Å². The standard InChI is InChI=1S/C48H80NO9P/c1-6-8-10-12-14-16-18-20-21-22-23-25-27-29-31-33-35-39-47(51)55-43-46(44-57-59(53,54)56-42-41-49(3,4)5)58-48(52)40-36-38-45(50)37-34-32-30-28-26-24-19-17-15-13-11-9-7-2/h14-17,20-21,23-26,30,32,34,37,46H,6-13,18-19,22,27-29,31,33,35-36,38-44H2,1-5H3/b16-14-,17-15-,21-20-,25-23-,26-24-,32-30-,37-34+/t46-/m1/s1. The van der Waals surface area contributed by atoms with Crippen LogP contribution in [0.15, 0.2) is 85.1 Å². The summed E-state index contributed by atoms with van der Waals surface area (Å²) in [5.74, 6) is -1.25. The number of nitrogens with zero attached hydrogens (tertiary/aromatic N) is 1. The quantitative estimate of drug-likeness (QED) is 0.0113. The summed E-state index contributed by atoms with van der Waals surface area (Å²) in [6.45, 7) is 3.84. The van der Waals surface area contributed by atoms with Crippen molar-refractivity contribution in [2.75, 3.05) is 47.5 Å². The molecule has 0 aromatic rings. The topological polar surface area (TPSA) is 128 Å². The summed E-state index contributed by atoms with van der Waals surface area (Å²) < 4.78 is 33.6. The van der Waals surface area contributed by atoms with Crippen LogP contribution in [0.3, 0.4) is 0 Å². The molecule has 0 saturated carbocycles. The fourth-order valence-corrected chi connectivity index (χ4v) is 6.05. The van der Waals surface area contributed by atoms with Crippen LogP contribution in [0, 0.1) is 0 Å². The monoisotopic (exact) mass is 846 g/mol. The number of hydrogen-bond donors (Lipinski definition) is 0. The van der Waals surface area contributed by atoms with Gasteiger partial charge in [-0.1, -0.05) is 131 Å². The molecule has 0 aromatic heterocycles. The number of quaternary nitrogens is 1. The second-order valence-electron chi connectivity index (χ2n) is 15.7. The number of unbranched alkanes of at least 4 members (excludes halogenated alkanes) is 10. The molecule has 0 N–H and O–H groups in total. The maximum atomic E-state index is 12.7. The van der Waals surface area contributed by atoms with E-state index < -0.39 is 32.5 Å². The van der Waals surface area contributed by atoms with Gasteiger partial charge in [-0.15, -0.1) is 0 Å². The highest BCUT2D eigenvalue weighted by Gasteiger charge is 2.22. The van der Waals surface area contributed by atoms with Crippen LogP contribution in [0.4, 0.5) is 0 Å². The Morgan fingerprint density at radius 3 is 1.64 bits per heavy atom. The Balaban J connectivity index is 4.62. The van der Waals surface area contributed by atoms with Crippen molar-refractivity contribution in [2.45, 2.75) is 155 Å². The minimum Gasteiger partial charge on any atom is -0.756 e. The fraction of sp³-hybridized carbons (Fsp3) is 0.646. The Morgan fingerprint density at radius 1 is 0.576 bits per heavy atom. The van der Waals surface area contributed by atoms with E-state index in [-0.39, 0.29) is 44.7 Å². The normalized spacial score (nSPS) is 14.3. The third-order valence-corrected chi connectivity index (χ3v) is 9.83. The van der Waals surface area contributed by atoms with Crippen molar-refractivity contribution < 1.29 is 46.8 Å². The largest absolute Gasteiger partial charge is 0.756 e. The predicted octanol–water partition coefficient (Wildman–Crippen LogP) is 11.3. The first-order chi connectivity index (χ1) is 28.4. The minimum atomic E-state index is -4.70. The molecule has 0 aliphatic heterocycles. The molecular weight excluding hydrogens is 766 g/mol. The van der Waals surface area contributed by atoms with Crippen LogP contribution < -0.4 is 4.89 Å². The molecule has 0 saturated heterocycles. The lowest BCUT2D eigenvalue weighted by Gasteiger charge is -2.28. The van der Waals surface area contributed by atoms with Gasteiger partial charge in [-0.05, 0) is 83.1 Å². The van der Waals surface area contributed by atoms with Crippen LogP contribution in [0.5, 0.6) is 0 Å². The Kier molecular flexibility index (Phi) is 36.9. The van der Waals surface area contributed by atoms with Gasteiger partial charge in [-0.3, -0.25) is 18.9 Å². The van der Waals surface area contributed by atoms with E-state index >= 15 is 0 Å². The maximum Gasteiger partial charge on any atom is 0.306 e. The van der Waals surface area contributed by atoms with E-state index in [2.05, 4.69) is 74.6 Å². The Morgan fingerprint density at radius 2 is 1.08 bits per heavy atom. The molecule has 11 heteroatoms. The molecule has 2 atom stereocenters. The van der Waals surface area contributed by atoms with E-state index in [1.807, 2.05) is 33.3 Å². The van der Waals surface area contributed by atoms with Crippen molar-refractivity contribution in [1.82, 2.24) is 0 Å². The number of rotatable bonds is 39. The number of hydrogen-bond acceptors (Lipinski definition) is 9. The van der Waals surface area contributed by atoms with Gasteiger partial charge in [-0.25, -0.2) is 0 Å².